The van der Waals surface area contributed by atoms with Crippen LogP contribution in [0.1, 0.15) is 44.9 Å². The average molecular weight is 536 g/mol. The Morgan fingerprint density at radius 1 is 1.15 bits per heavy atom. The van der Waals surface area contributed by atoms with Crippen LogP contribution in [-0.4, -0.2) is 60.2 Å². The normalized spacial score (nSPS) is 20.0. The minimum Gasteiger partial charge on any atom is -0.387 e. The van der Waals surface area contributed by atoms with E-state index < -0.39 is 16.3 Å². The minimum atomic E-state index is -3.64. The maximum absolute atomic E-state index is 12.7. The molecule has 2 heterocycles. The Bertz CT molecular complexity index is 968. The molecule has 1 saturated heterocycles. The van der Waals surface area contributed by atoms with E-state index in [0.717, 1.165) is 17.5 Å². The van der Waals surface area contributed by atoms with Crippen molar-refractivity contribution < 1.29 is 18.3 Å². The number of aliphatic hydroxyl groups is 1. The van der Waals surface area contributed by atoms with Crippen LogP contribution in [0.5, 0.6) is 0 Å². The van der Waals surface area contributed by atoms with Gasteiger partial charge in [-0.1, -0.05) is 18.2 Å². The average Bonchev–Trinajstić information content (AvgIpc) is 2.73. The van der Waals surface area contributed by atoms with E-state index in [4.69, 9.17) is 4.74 Å². The highest BCUT2D eigenvalue weighted by Crippen LogP contribution is 2.20. The van der Waals surface area contributed by atoms with Gasteiger partial charge in [0, 0.05) is 48.8 Å². The number of β-amino-alcohol motifs (C(OH)–C–C–N with tert-alkyl or cyclic N) is 1. The van der Waals surface area contributed by atoms with Crippen LogP contribution in [0.3, 0.4) is 0 Å². The molecule has 3 atom stereocenters. The maximum atomic E-state index is 12.7. The van der Waals surface area contributed by atoms with Crippen LogP contribution in [0.4, 0.5) is 5.69 Å². The van der Waals surface area contributed by atoms with Gasteiger partial charge in [-0.3, -0.25) is 9.71 Å². The highest BCUT2D eigenvalue weighted by molar-refractivity contribution is 7.90. The second kappa shape index (κ2) is 13.0. The number of aromatic nitrogens is 1. The largest absolute Gasteiger partial charge is 0.387 e. The lowest BCUT2D eigenvalue weighted by molar-refractivity contribution is -0.0439. The van der Waals surface area contributed by atoms with Crippen molar-refractivity contribution in [3.05, 3.63) is 59.9 Å². The van der Waals surface area contributed by atoms with Crippen LogP contribution in [0.25, 0.3) is 0 Å². The molecule has 1 aromatic carbocycles. The summed E-state index contributed by atoms with van der Waals surface area (Å²) in [4.78, 5) is 4.04. The number of nitrogens with zero attached hydrogens (tertiary/aromatic N) is 2. The summed E-state index contributed by atoms with van der Waals surface area (Å²) in [5, 5.41) is 13.8. The quantitative estimate of drug-likeness (QED) is 0.455. The fraction of sp³-hybridized carbons (Fsp3) is 0.522. The third-order valence-corrected chi connectivity index (χ3v) is 6.89. The Morgan fingerprint density at radius 2 is 1.76 bits per heavy atom. The van der Waals surface area contributed by atoms with Crippen molar-refractivity contribution in [1.82, 2.24) is 14.6 Å². The molecule has 1 fully saturated rings. The number of anilines is 1. The van der Waals surface area contributed by atoms with E-state index in [0.29, 0.717) is 25.3 Å². The first-order valence-electron chi connectivity index (χ1n) is 10.9. The highest BCUT2D eigenvalue weighted by atomic mass is 35.5. The number of hydrogen-bond acceptors (Lipinski definition) is 6. The molecule has 34 heavy (non-hydrogen) atoms. The van der Waals surface area contributed by atoms with E-state index in [1.54, 1.807) is 30.6 Å². The van der Waals surface area contributed by atoms with E-state index in [9.17, 15) is 13.5 Å². The van der Waals surface area contributed by atoms with Crippen molar-refractivity contribution in [2.24, 2.45) is 0 Å². The number of benzene rings is 1. The summed E-state index contributed by atoms with van der Waals surface area (Å²) in [6.07, 6.45) is 3.16. The first-order chi connectivity index (χ1) is 15.0. The Balaban J connectivity index is 0.00000289. The molecule has 0 saturated carbocycles. The molecule has 3 rings (SSSR count). The van der Waals surface area contributed by atoms with Gasteiger partial charge in [0.1, 0.15) is 0 Å². The van der Waals surface area contributed by atoms with Crippen LogP contribution in [0, 0.1) is 0 Å². The molecule has 1 aliphatic rings. The van der Waals surface area contributed by atoms with Crippen molar-refractivity contribution in [3.8, 4) is 0 Å². The summed E-state index contributed by atoms with van der Waals surface area (Å²) in [5.74, 6) is 0. The van der Waals surface area contributed by atoms with E-state index in [1.807, 2.05) is 32.0 Å². The van der Waals surface area contributed by atoms with E-state index in [-0.39, 0.29) is 42.6 Å². The van der Waals surface area contributed by atoms with Crippen LogP contribution >= 0.6 is 24.8 Å². The van der Waals surface area contributed by atoms with Gasteiger partial charge in [-0.25, -0.2) is 0 Å². The van der Waals surface area contributed by atoms with Gasteiger partial charge < -0.3 is 15.2 Å². The van der Waals surface area contributed by atoms with E-state index in [1.165, 1.54) is 4.31 Å². The Hall–Kier alpha value is -1.46. The number of hydrogen-bond donors (Lipinski definition) is 3. The number of halogens is 2. The molecule has 1 aliphatic heterocycles. The fourth-order valence-corrected chi connectivity index (χ4v) is 5.24. The molecule has 8 nitrogen and oxygen atoms in total. The molecule has 11 heteroatoms. The molecule has 3 N–H and O–H groups in total. The highest BCUT2D eigenvalue weighted by Gasteiger charge is 2.31. The predicted molar refractivity (Wildman–Crippen MR) is 140 cm³/mol. The minimum absolute atomic E-state index is 0. The first-order valence-corrected chi connectivity index (χ1v) is 12.3. The lowest BCUT2D eigenvalue weighted by atomic mass is 9.94. The summed E-state index contributed by atoms with van der Waals surface area (Å²) in [5.41, 5.74) is 2.11. The summed E-state index contributed by atoms with van der Waals surface area (Å²) in [7, 11) is -3.64. The smallest absolute Gasteiger partial charge is 0.301 e. The van der Waals surface area contributed by atoms with Gasteiger partial charge >= 0.3 is 10.2 Å². The van der Waals surface area contributed by atoms with Crippen LogP contribution in [-0.2, 0) is 21.4 Å². The van der Waals surface area contributed by atoms with Crippen LogP contribution < -0.4 is 10.0 Å². The van der Waals surface area contributed by atoms with Crippen molar-refractivity contribution in [3.63, 3.8) is 0 Å². The van der Waals surface area contributed by atoms with Gasteiger partial charge in [0.05, 0.1) is 18.3 Å². The number of morpholine rings is 1. The van der Waals surface area contributed by atoms with Gasteiger partial charge in [-0.2, -0.15) is 12.7 Å². The molecule has 0 spiro atoms. The first kappa shape index (κ1) is 30.6. The molecule has 0 aliphatic carbocycles. The number of pyridine rings is 1. The Morgan fingerprint density at radius 3 is 2.32 bits per heavy atom. The van der Waals surface area contributed by atoms with Crippen molar-refractivity contribution in [1.29, 1.82) is 0 Å². The van der Waals surface area contributed by atoms with Crippen molar-refractivity contribution in [2.75, 3.05) is 24.4 Å². The molecule has 0 unspecified atom stereocenters. The molecule has 0 radical (unpaired) electrons. The molecule has 0 bridgehead atoms. The van der Waals surface area contributed by atoms with Gasteiger partial charge in [-0.05, 0) is 57.9 Å². The molecule has 0 amide bonds. The summed E-state index contributed by atoms with van der Waals surface area (Å²) in [6.45, 7) is 8.97. The zero-order valence-corrected chi connectivity index (χ0v) is 22.4. The zero-order chi connectivity index (χ0) is 23.4. The topological polar surface area (TPSA) is 104 Å². The van der Waals surface area contributed by atoms with Crippen molar-refractivity contribution in [2.45, 2.75) is 58.0 Å². The molecule has 1 aromatic heterocycles. The van der Waals surface area contributed by atoms with Crippen LogP contribution in [0.2, 0.25) is 0 Å². The summed E-state index contributed by atoms with van der Waals surface area (Å²) < 4.78 is 35.2. The molecule has 192 valence electrons. The molecule has 2 aromatic rings. The fourth-order valence-electron chi connectivity index (χ4n) is 3.87. The van der Waals surface area contributed by atoms with Gasteiger partial charge in [0.15, 0.2) is 0 Å². The third kappa shape index (κ3) is 8.96. The summed E-state index contributed by atoms with van der Waals surface area (Å²) >= 11 is 0. The van der Waals surface area contributed by atoms with Gasteiger partial charge in [0.25, 0.3) is 0 Å². The monoisotopic (exact) mass is 534 g/mol. The second-order valence-corrected chi connectivity index (χ2v) is 10.8. The van der Waals surface area contributed by atoms with Gasteiger partial charge in [-0.15, -0.1) is 24.8 Å². The number of rotatable bonds is 9. The molecular weight excluding hydrogens is 499 g/mol. The third-order valence-electron chi connectivity index (χ3n) is 5.42. The van der Waals surface area contributed by atoms with Gasteiger partial charge in [0.2, 0.25) is 0 Å². The number of ether oxygens (including phenoxy) is 1. The SMILES string of the molecule is C[C@@H]1CN(S(=O)(=O)Nc2ccc(CC(C)(C)NC[C@H](O)c3cccnc3)cc2)C[C@H](C)O1.Cl.Cl. The lowest BCUT2D eigenvalue weighted by Crippen LogP contribution is -2.49. The lowest BCUT2D eigenvalue weighted by Gasteiger charge is -2.34. The predicted octanol–water partition coefficient (Wildman–Crippen LogP) is 3.34. The summed E-state index contributed by atoms with van der Waals surface area (Å²) in [6, 6.07) is 11.1. The standard InChI is InChI=1S/C23H34N4O4S.2ClH/c1-17-15-27(16-18(2)31-17)32(29,30)26-21-9-7-19(8-10-21)12-23(3,4)25-14-22(28)20-6-5-11-24-13-20;;/h5-11,13,17-18,22,25-26,28H,12,14-16H2,1-4H3;2*1H/t17-,18+,22-;;/m0../s1. The van der Waals surface area contributed by atoms with Crippen LogP contribution in [0.15, 0.2) is 48.8 Å². The Kier molecular flexibility index (Phi) is 11.7. The number of aliphatic hydroxyl groups excluding tert-OH is 1. The second-order valence-electron chi connectivity index (χ2n) is 9.12. The maximum Gasteiger partial charge on any atom is 0.301 e. The van der Waals surface area contributed by atoms with Crippen molar-refractivity contribution >= 4 is 40.7 Å². The molecular formula is C23H36Cl2N4O4S. The Labute approximate surface area is 215 Å². The van der Waals surface area contributed by atoms with E-state index >= 15 is 0 Å². The zero-order valence-electron chi connectivity index (χ0n) is 20.0. The number of nitrogens with one attached hydrogen (secondary N) is 2. The van der Waals surface area contributed by atoms with E-state index in [2.05, 4.69) is 28.9 Å².